The monoisotopic (exact) mass is 255 g/mol. The number of halogens is 1. The Morgan fingerprint density at radius 3 is 2.41 bits per heavy atom. The van der Waals surface area contributed by atoms with Crippen molar-refractivity contribution < 1.29 is 4.39 Å². The molecule has 1 aromatic rings. The Morgan fingerprint density at radius 1 is 1.18 bits per heavy atom. The van der Waals surface area contributed by atoms with Gasteiger partial charge in [0.2, 0.25) is 0 Å². The van der Waals surface area contributed by atoms with E-state index in [1.807, 2.05) is 12.1 Å². The fourth-order valence-electron chi connectivity index (χ4n) is 1.48. The normalized spacial score (nSPS) is 13.0. The molecule has 0 radical (unpaired) electrons. The van der Waals surface area contributed by atoms with Crippen LogP contribution in [0.1, 0.15) is 27.2 Å². The number of nitrogens with one attached hydrogen (secondary N) is 1. The van der Waals surface area contributed by atoms with Crippen molar-refractivity contribution in [1.82, 2.24) is 5.32 Å². The molecule has 1 atom stereocenters. The van der Waals surface area contributed by atoms with Crippen molar-refractivity contribution in [2.45, 2.75) is 37.3 Å². The summed E-state index contributed by atoms with van der Waals surface area (Å²) in [5.74, 6) is 0.583. The maximum absolute atomic E-state index is 12.7. The van der Waals surface area contributed by atoms with E-state index in [0.717, 1.165) is 23.9 Å². The van der Waals surface area contributed by atoms with Crippen LogP contribution >= 0.6 is 11.8 Å². The smallest absolute Gasteiger partial charge is 0.123 e. The van der Waals surface area contributed by atoms with Crippen LogP contribution in [-0.4, -0.2) is 18.3 Å². The van der Waals surface area contributed by atoms with E-state index < -0.39 is 0 Å². The van der Waals surface area contributed by atoms with E-state index >= 15 is 0 Å². The summed E-state index contributed by atoms with van der Waals surface area (Å²) in [6.45, 7) is 8.73. The Kier molecular flexibility index (Phi) is 6.60. The van der Waals surface area contributed by atoms with Gasteiger partial charge in [-0.2, -0.15) is 0 Å². The molecule has 1 aromatic carbocycles. The molecular formula is C14H22FNS. The van der Waals surface area contributed by atoms with Gasteiger partial charge in [-0.15, -0.1) is 11.8 Å². The van der Waals surface area contributed by atoms with Crippen molar-refractivity contribution in [1.29, 1.82) is 0 Å². The van der Waals surface area contributed by atoms with Gasteiger partial charge in [0.25, 0.3) is 0 Å². The Balaban J connectivity index is 2.20. The predicted molar refractivity (Wildman–Crippen MR) is 74.0 cm³/mol. The number of benzene rings is 1. The molecule has 0 fully saturated rings. The summed E-state index contributed by atoms with van der Waals surface area (Å²) in [7, 11) is 0. The van der Waals surface area contributed by atoms with Crippen LogP contribution in [0.15, 0.2) is 29.2 Å². The highest BCUT2D eigenvalue weighted by atomic mass is 32.2. The molecule has 1 nitrogen and oxygen atoms in total. The average molecular weight is 255 g/mol. The Labute approximate surface area is 108 Å². The zero-order chi connectivity index (χ0) is 12.7. The lowest BCUT2D eigenvalue weighted by Gasteiger charge is -2.13. The molecule has 0 saturated heterocycles. The Morgan fingerprint density at radius 2 is 1.82 bits per heavy atom. The molecule has 96 valence electrons. The summed E-state index contributed by atoms with van der Waals surface area (Å²) in [6, 6.07) is 6.71. The number of hydrogen-bond acceptors (Lipinski definition) is 2. The second-order valence-electron chi connectivity index (χ2n) is 4.77. The summed E-state index contributed by atoms with van der Waals surface area (Å²) in [5, 5.41) is 3.96. The first-order valence-corrected chi connectivity index (χ1v) is 7.09. The minimum Gasteiger partial charge on any atom is -0.316 e. The lowest BCUT2D eigenvalue weighted by molar-refractivity contribution is 0.539. The summed E-state index contributed by atoms with van der Waals surface area (Å²) in [6.07, 6.45) is 1.22. The third-order valence-electron chi connectivity index (χ3n) is 2.48. The molecule has 1 rings (SSSR count). The van der Waals surface area contributed by atoms with Crippen LogP contribution < -0.4 is 5.32 Å². The van der Waals surface area contributed by atoms with Crippen LogP contribution in [-0.2, 0) is 0 Å². The highest BCUT2D eigenvalue weighted by molar-refractivity contribution is 8.00. The second kappa shape index (κ2) is 7.72. The molecular weight excluding hydrogens is 233 g/mol. The number of hydrogen-bond donors (Lipinski definition) is 1. The van der Waals surface area contributed by atoms with Gasteiger partial charge >= 0.3 is 0 Å². The fourth-order valence-corrected chi connectivity index (χ4v) is 2.44. The van der Waals surface area contributed by atoms with Crippen molar-refractivity contribution in [3.05, 3.63) is 30.1 Å². The minimum atomic E-state index is -0.169. The van der Waals surface area contributed by atoms with Gasteiger partial charge in [0.1, 0.15) is 5.82 Å². The molecule has 0 bridgehead atoms. The zero-order valence-corrected chi connectivity index (χ0v) is 11.7. The van der Waals surface area contributed by atoms with Gasteiger partial charge in [-0.05, 0) is 43.1 Å². The first kappa shape index (κ1) is 14.5. The summed E-state index contributed by atoms with van der Waals surface area (Å²) >= 11 is 1.78. The van der Waals surface area contributed by atoms with Crippen LogP contribution in [0.3, 0.4) is 0 Å². The maximum Gasteiger partial charge on any atom is 0.123 e. The zero-order valence-electron chi connectivity index (χ0n) is 10.9. The van der Waals surface area contributed by atoms with Gasteiger partial charge in [0.15, 0.2) is 0 Å². The van der Waals surface area contributed by atoms with Crippen LogP contribution in [0.5, 0.6) is 0 Å². The molecule has 0 spiro atoms. The molecule has 0 amide bonds. The SMILES string of the molecule is CC(C)CCNCC(C)Sc1ccc(F)cc1. The molecule has 0 aliphatic carbocycles. The first-order chi connectivity index (χ1) is 8.08. The lowest BCUT2D eigenvalue weighted by Crippen LogP contribution is -2.24. The molecule has 0 aliphatic heterocycles. The fraction of sp³-hybridized carbons (Fsp3) is 0.571. The van der Waals surface area contributed by atoms with E-state index in [-0.39, 0.29) is 5.82 Å². The van der Waals surface area contributed by atoms with Crippen LogP contribution in [0, 0.1) is 11.7 Å². The largest absolute Gasteiger partial charge is 0.316 e. The van der Waals surface area contributed by atoms with E-state index in [9.17, 15) is 4.39 Å². The Hall–Kier alpha value is -0.540. The van der Waals surface area contributed by atoms with E-state index in [4.69, 9.17) is 0 Å². The van der Waals surface area contributed by atoms with Crippen LogP contribution in [0.4, 0.5) is 4.39 Å². The third-order valence-corrected chi connectivity index (χ3v) is 3.59. The van der Waals surface area contributed by atoms with Crippen LogP contribution in [0.2, 0.25) is 0 Å². The second-order valence-corrected chi connectivity index (χ2v) is 6.28. The van der Waals surface area contributed by atoms with Gasteiger partial charge < -0.3 is 5.32 Å². The summed E-state index contributed by atoms with van der Waals surface area (Å²) in [5.41, 5.74) is 0. The van der Waals surface area contributed by atoms with E-state index in [2.05, 4.69) is 26.1 Å². The molecule has 0 aromatic heterocycles. The van der Waals surface area contributed by atoms with E-state index in [0.29, 0.717) is 5.25 Å². The number of rotatable bonds is 7. The van der Waals surface area contributed by atoms with Crippen LogP contribution in [0.25, 0.3) is 0 Å². The van der Waals surface area contributed by atoms with Gasteiger partial charge in [0.05, 0.1) is 0 Å². The molecule has 17 heavy (non-hydrogen) atoms. The highest BCUT2D eigenvalue weighted by Crippen LogP contribution is 2.22. The van der Waals surface area contributed by atoms with E-state index in [1.165, 1.54) is 18.6 Å². The first-order valence-electron chi connectivity index (χ1n) is 6.21. The van der Waals surface area contributed by atoms with E-state index in [1.54, 1.807) is 11.8 Å². The van der Waals surface area contributed by atoms with Crippen molar-refractivity contribution in [3.63, 3.8) is 0 Å². The van der Waals surface area contributed by atoms with Gasteiger partial charge in [-0.25, -0.2) is 4.39 Å². The van der Waals surface area contributed by atoms with Crippen molar-refractivity contribution in [2.75, 3.05) is 13.1 Å². The third kappa shape index (κ3) is 6.69. The summed E-state index contributed by atoms with van der Waals surface area (Å²) in [4.78, 5) is 1.13. The average Bonchev–Trinajstić information content (AvgIpc) is 2.27. The molecule has 3 heteroatoms. The van der Waals surface area contributed by atoms with Crippen molar-refractivity contribution in [3.8, 4) is 0 Å². The standard InChI is InChI=1S/C14H22FNS/c1-11(2)8-9-16-10-12(3)17-14-6-4-13(15)5-7-14/h4-7,11-12,16H,8-10H2,1-3H3. The van der Waals surface area contributed by atoms with Gasteiger partial charge in [-0.1, -0.05) is 20.8 Å². The summed E-state index contributed by atoms with van der Waals surface area (Å²) < 4.78 is 12.7. The van der Waals surface area contributed by atoms with Crippen molar-refractivity contribution in [2.24, 2.45) is 5.92 Å². The molecule has 1 N–H and O–H groups in total. The van der Waals surface area contributed by atoms with Gasteiger partial charge in [0, 0.05) is 16.7 Å². The maximum atomic E-state index is 12.7. The Bertz CT molecular complexity index is 311. The van der Waals surface area contributed by atoms with Gasteiger partial charge in [-0.3, -0.25) is 0 Å². The molecule has 0 heterocycles. The molecule has 0 saturated carbocycles. The highest BCUT2D eigenvalue weighted by Gasteiger charge is 2.04. The number of thioether (sulfide) groups is 1. The molecule has 1 unspecified atom stereocenters. The van der Waals surface area contributed by atoms with Crippen molar-refractivity contribution >= 4 is 11.8 Å². The molecule has 0 aliphatic rings. The lowest BCUT2D eigenvalue weighted by atomic mass is 10.1. The minimum absolute atomic E-state index is 0.169. The predicted octanol–water partition coefficient (Wildman–Crippen LogP) is 3.94. The quantitative estimate of drug-likeness (QED) is 0.585. The topological polar surface area (TPSA) is 12.0 Å².